The Morgan fingerprint density at radius 2 is 2.16 bits per heavy atom. The fourth-order valence-electron chi connectivity index (χ4n) is 2.20. The highest BCUT2D eigenvalue weighted by atomic mass is 127. The molecule has 5 nitrogen and oxygen atoms in total. The molecule has 1 aromatic heterocycles. The molecule has 2 heterocycles. The van der Waals surface area contributed by atoms with Gasteiger partial charge >= 0.3 is 5.69 Å². The molecule has 0 radical (unpaired) electrons. The van der Waals surface area contributed by atoms with Gasteiger partial charge in [-0.15, -0.1) is 0 Å². The van der Waals surface area contributed by atoms with E-state index in [1.807, 2.05) is 24.3 Å². The Bertz CT molecular complexity index is 648. The maximum Gasteiger partial charge on any atom is 0.350 e. The van der Waals surface area contributed by atoms with Gasteiger partial charge in [0.2, 0.25) is 0 Å². The number of hydrogen-bond donors (Lipinski definition) is 0. The van der Waals surface area contributed by atoms with Gasteiger partial charge in [0.15, 0.2) is 5.82 Å². The van der Waals surface area contributed by atoms with Crippen LogP contribution in [-0.4, -0.2) is 18.8 Å². The standard InChI is InChI=1S/C13H14IN3O2/c14-7-3-4-8-16-13(18)17-10-5-1-2-6-11(10)19-9-12(17)15-16/h1-2,5-6H,3-4,7-9H2. The SMILES string of the molecule is O=c1n(CCCCI)nc2n1-c1ccccc1OC2. The highest BCUT2D eigenvalue weighted by Crippen LogP contribution is 2.26. The van der Waals surface area contributed by atoms with Gasteiger partial charge in [-0.3, -0.25) is 0 Å². The van der Waals surface area contributed by atoms with E-state index >= 15 is 0 Å². The predicted octanol–water partition coefficient (Wildman–Crippen LogP) is 2.14. The van der Waals surface area contributed by atoms with Gasteiger partial charge < -0.3 is 4.74 Å². The van der Waals surface area contributed by atoms with E-state index < -0.39 is 0 Å². The van der Waals surface area contributed by atoms with Crippen molar-refractivity contribution in [2.24, 2.45) is 0 Å². The van der Waals surface area contributed by atoms with E-state index in [0.29, 0.717) is 19.0 Å². The Labute approximate surface area is 124 Å². The minimum Gasteiger partial charge on any atom is -0.483 e. The Morgan fingerprint density at radius 1 is 1.32 bits per heavy atom. The van der Waals surface area contributed by atoms with Gasteiger partial charge in [0.25, 0.3) is 0 Å². The lowest BCUT2D eigenvalue weighted by Gasteiger charge is -2.16. The summed E-state index contributed by atoms with van der Waals surface area (Å²) in [6.45, 7) is 1.02. The van der Waals surface area contributed by atoms with Crippen LogP contribution in [0.3, 0.4) is 0 Å². The molecule has 1 aromatic carbocycles. The largest absolute Gasteiger partial charge is 0.483 e. The summed E-state index contributed by atoms with van der Waals surface area (Å²) >= 11 is 2.34. The zero-order chi connectivity index (χ0) is 13.2. The van der Waals surface area contributed by atoms with Gasteiger partial charge in [-0.2, -0.15) is 5.10 Å². The molecule has 0 N–H and O–H groups in total. The van der Waals surface area contributed by atoms with Crippen molar-refractivity contribution in [1.82, 2.24) is 14.3 Å². The lowest BCUT2D eigenvalue weighted by atomic mass is 10.2. The molecule has 6 heteroatoms. The van der Waals surface area contributed by atoms with Crippen LogP contribution in [-0.2, 0) is 13.2 Å². The Balaban J connectivity index is 1.99. The number of nitrogens with zero attached hydrogens (tertiary/aromatic N) is 3. The molecule has 0 atom stereocenters. The van der Waals surface area contributed by atoms with E-state index in [0.717, 1.165) is 28.7 Å². The first-order valence-corrected chi connectivity index (χ1v) is 7.80. The van der Waals surface area contributed by atoms with Crippen LogP contribution in [0.15, 0.2) is 29.1 Å². The summed E-state index contributed by atoms with van der Waals surface area (Å²) in [5.41, 5.74) is 0.716. The average molecular weight is 371 g/mol. The lowest BCUT2D eigenvalue weighted by molar-refractivity contribution is 0.278. The molecule has 0 aliphatic carbocycles. The summed E-state index contributed by atoms with van der Waals surface area (Å²) in [5, 5.41) is 4.36. The number of para-hydroxylation sites is 2. The van der Waals surface area contributed by atoms with E-state index in [4.69, 9.17) is 4.74 Å². The molecule has 0 saturated heterocycles. The first-order valence-electron chi connectivity index (χ1n) is 6.28. The fourth-order valence-corrected chi connectivity index (χ4v) is 2.74. The molecule has 0 bridgehead atoms. The molecule has 1 aliphatic rings. The van der Waals surface area contributed by atoms with Crippen molar-refractivity contribution in [2.75, 3.05) is 4.43 Å². The molecule has 0 saturated carbocycles. The number of aromatic nitrogens is 3. The minimum atomic E-state index is -0.0702. The summed E-state index contributed by atoms with van der Waals surface area (Å²) in [6, 6.07) is 7.56. The topological polar surface area (TPSA) is 49.0 Å². The van der Waals surface area contributed by atoms with Crippen LogP contribution in [0.2, 0.25) is 0 Å². The third-order valence-corrected chi connectivity index (χ3v) is 3.89. The number of hydrogen-bond acceptors (Lipinski definition) is 3. The zero-order valence-electron chi connectivity index (χ0n) is 10.4. The molecular formula is C13H14IN3O2. The normalized spacial score (nSPS) is 12.7. The highest BCUT2D eigenvalue weighted by molar-refractivity contribution is 14.1. The summed E-state index contributed by atoms with van der Waals surface area (Å²) in [6.07, 6.45) is 2.07. The van der Waals surface area contributed by atoms with Gasteiger partial charge in [-0.1, -0.05) is 34.7 Å². The molecule has 0 amide bonds. The average Bonchev–Trinajstić information content (AvgIpc) is 2.76. The first kappa shape index (κ1) is 12.7. The molecule has 100 valence electrons. The monoisotopic (exact) mass is 371 g/mol. The predicted molar refractivity (Wildman–Crippen MR) is 80.3 cm³/mol. The van der Waals surface area contributed by atoms with Crippen molar-refractivity contribution < 1.29 is 4.74 Å². The maximum atomic E-state index is 12.4. The van der Waals surface area contributed by atoms with Gasteiger partial charge in [0, 0.05) is 6.54 Å². The van der Waals surface area contributed by atoms with E-state index in [-0.39, 0.29) is 5.69 Å². The number of fused-ring (bicyclic) bond motifs is 3. The lowest BCUT2D eigenvalue weighted by Crippen LogP contribution is -2.26. The molecule has 0 unspecified atom stereocenters. The summed E-state index contributed by atoms with van der Waals surface area (Å²) in [4.78, 5) is 12.4. The first-order chi connectivity index (χ1) is 9.31. The molecule has 0 fully saturated rings. The zero-order valence-corrected chi connectivity index (χ0v) is 12.5. The van der Waals surface area contributed by atoms with Gasteiger partial charge in [-0.05, 0) is 29.4 Å². The third kappa shape index (κ3) is 2.29. The number of benzene rings is 1. The Hall–Kier alpha value is -1.31. The van der Waals surface area contributed by atoms with Crippen molar-refractivity contribution in [2.45, 2.75) is 26.0 Å². The number of alkyl halides is 1. The number of aryl methyl sites for hydroxylation is 1. The smallest absolute Gasteiger partial charge is 0.350 e. The minimum absolute atomic E-state index is 0.0702. The summed E-state index contributed by atoms with van der Waals surface area (Å²) in [7, 11) is 0. The van der Waals surface area contributed by atoms with Gasteiger partial charge in [0.1, 0.15) is 12.4 Å². The van der Waals surface area contributed by atoms with Gasteiger partial charge in [0.05, 0.1) is 5.69 Å². The van der Waals surface area contributed by atoms with Crippen molar-refractivity contribution in [3.05, 3.63) is 40.6 Å². The van der Waals surface area contributed by atoms with Crippen LogP contribution in [0.4, 0.5) is 0 Å². The molecule has 1 aliphatic heterocycles. The van der Waals surface area contributed by atoms with Crippen molar-refractivity contribution in [1.29, 1.82) is 0 Å². The van der Waals surface area contributed by atoms with Crippen LogP contribution in [0, 0.1) is 0 Å². The highest BCUT2D eigenvalue weighted by Gasteiger charge is 2.22. The van der Waals surface area contributed by atoms with Crippen LogP contribution in [0.5, 0.6) is 5.75 Å². The van der Waals surface area contributed by atoms with Crippen molar-refractivity contribution in [3.8, 4) is 11.4 Å². The summed E-state index contributed by atoms with van der Waals surface area (Å²) in [5.74, 6) is 1.42. The Kier molecular flexibility index (Phi) is 3.58. The Morgan fingerprint density at radius 3 is 3.00 bits per heavy atom. The second kappa shape index (κ2) is 5.36. The van der Waals surface area contributed by atoms with Crippen LogP contribution >= 0.6 is 22.6 Å². The van der Waals surface area contributed by atoms with Crippen LogP contribution in [0.25, 0.3) is 5.69 Å². The van der Waals surface area contributed by atoms with E-state index in [1.165, 1.54) is 0 Å². The maximum absolute atomic E-state index is 12.4. The number of unbranched alkanes of at least 4 members (excludes halogenated alkanes) is 1. The van der Waals surface area contributed by atoms with Crippen molar-refractivity contribution >= 4 is 22.6 Å². The van der Waals surface area contributed by atoms with E-state index in [9.17, 15) is 4.79 Å². The molecule has 3 rings (SSSR count). The van der Waals surface area contributed by atoms with Crippen LogP contribution < -0.4 is 10.4 Å². The fraction of sp³-hybridized carbons (Fsp3) is 0.385. The third-order valence-electron chi connectivity index (χ3n) is 3.12. The molecule has 19 heavy (non-hydrogen) atoms. The van der Waals surface area contributed by atoms with Crippen molar-refractivity contribution in [3.63, 3.8) is 0 Å². The summed E-state index contributed by atoms with van der Waals surface area (Å²) < 4.78 is 9.91. The van der Waals surface area contributed by atoms with E-state index in [2.05, 4.69) is 27.7 Å². The number of ether oxygens (including phenoxy) is 1. The second-order valence-electron chi connectivity index (χ2n) is 4.41. The number of rotatable bonds is 4. The molecular weight excluding hydrogens is 357 g/mol. The second-order valence-corrected chi connectivity index (χ2v) is 5.49. The number of halogens is 1. The van der Waals surface area contributed by atoms with Crippen LogP contribution in [0.1, 0.15) is 18.7 Å². The van der Waals surface area contributed by atoms with Gasteiger partial charge in [-0.25, -0.2) is 14.0 Å². The molecule has 2 aromatic rings. The molecule has 0 spiro atoms. The quantitative estimate of drug-likeness (QED) is 0.470. The van der Waals surface area contributed by atoms with E-state index in [1.54, 1.807) is 9.25 Å².